The molecular weight excluding hydrogens is 260 g/mol. The maximum absolute atomic E-state index is 8.96. The number of nitrogens with one attached hydrogen (secondary N) is 2. The van der Waals surface area contributed by atoms with Gasteiger partial charge in [-0.25, -0.2) is 0 Å². The van der Waals surface area contributed by atoms with E-state index in [1.165, 1.54) is 49.9 Å². The molecule has 1 aliphatic heterocycles. The molecule has 0 amide bonds. The largest absolute Gasteiger partial charge is 0.396 e. The van der Waals surface area contributed by atoms with E-state index in [1.807, 2.05) is 0 Å². The van der Waals surface area contributed by atoms with Crippen LogP contribution in [0.1, 0.15) is 44.1 Å². The highest BCUT2D eigenvalue weighted by Gasteiger charge is 2.34. The molecule has 1 saturated heterocycles. The Kier molecular flexibility index (Phi) is 5.15. The van der Waals surface area contributed by atoms with Gasteiger partial charge in [0.2, 0.25) is 0 Å². The van der Waals surface area contributed by atoms with Crippen molar-refractivity contribution in [3.63, 3.8) is 0 Å². The zero-order chi connectivity index (χ0) is 14.5. The van der Waals surface area contributed by atoms with Gasteiger partial charge in [-0.05, 0) is 68.7 Å². The standard InChI is InChI=1S/C18H28N2O/c21-12-4-6-14-5-1-7-15(13-14)20-18-9-2-8-16(18)17-10-3-11-19-17/h1,5,7,13,16-21H,2-4,6,8-12H2. The quantitative estimate of drug-likeness (QED) is 0.754. The Morgan fingerprint density at radius 1 is 1.19 bits per heavy atom. The van der Waals surface area contributed by atoms with Gasteiger partial charge in [-0.1, -0.05) is 18.6 Å². The van der Waals surface area contributed by atoms with Crippen molar-refractivity contribution >= 4 is 5.69 Å². The molecular formula is C18H28N2O. The number of rotatable bonds is 6. The zero-order valence-corrected chi connectivity index (χ0v) is 12.9. The zero-order valence-electron chi connectivity index (χ0n) is 12.9. The molecule has 0 spiro atoms. The number of hydrogen-bond donors (Lipinski definition) is 3. The fraction of sp³-hybridized carbons (Fsp3) is 0.667. The molecule has 3 atom stereocenters. The molecule has 1 aromatic carbocycles. The van der Waals surface area contributed by atoms with Crippen molar-refractivity contribution in [1.29, 1.82) is 0 Å². The maximum Gasteiger partial charge on any atom is 0.0434 e. The van der Waals surface area contributed by atoms with Crippen molar-refractivity contribution in [2.75, 3.05) is 18.5 Å². The molecule has 1 saturated carbocycles. The molecule has 1 heterocycles. The number of aryl methyl sites for hydroxylation is 1. The second kappa shape index (κ2) is 7.28. The number of aliphatic hydroxyl groups excluding tert-OH is 1. The summed E-state index contributed by atoms with van der Waals surface area (Å²) < 4.78 is 0. The van der Waals surface area contributed by atoms with E-state index >= 15 is 0 Å². The van der Waals surface area contributed by atoms with Crippen LogP contribution in [0.15, 0.2) is 24.3 Å². The van der Waals surface area contributed by atoms with Crippen LogP contribution in [-0.2, 0) is 6.42 Å². The number of hydrogen-bond acceptors (Lipinski definition) is 3. The number of anilines is 1. The molecule has 3 rings (SSSR count). The second-order valence-electron chi connectivity index (χ2n) is 6.58. The Morgan fingerprint density at radius 3 is 2.95 bits per heavy atom. The highest BCUT2D eigenvalue weighted by molar-refractivity contribution is 5.47. The van der Waals surface area contributed by atoms with Crippen LogP contribution in [0.5, 0.6) is 0 Å². The van der Waals surface area contributed by atoms with E-state index < -0.39 is 0 Å². The molecule has 1 aliphatic carbocycles. The van der Waals surface area contributed by atoms with Crippen LogP contribution in [0, 0.1) is 5.92 Å². The smallest absolute Gasteiger partial charge is 0.0434 e. The van der Waals surface area contributed by atoms with Crippen molar-refractivity contribution in [2.45, 2.75) is 57.0 Å². The van der Waals surface area contributed by atoms with Gasteiger partial charge in [0.15, 0.2) is 0 Å². The first kappa shape index (κ1) is 14.9. The molecule has 2 fully saturated rings. The van der Waals surface area contributed by atoms with Crippen LogP contribution in [0.3, 0.4) is 0 Å². The van der Waals surface area contributed by atoms with Crippen LogP contribution in [0.2, 0.25) is 0 Å². The molecule has 1 aromatic rings. The lowest BCUT2D eigenvalue weighted by molar-refractivity contribution is 0.288. The summed E-state index contributed by atoms with van der Waals surface area (Å²) in [6, 6.07) is 10.1. The lowest BCUT2D eigenvalue weighted by Gasteiger charge is -2.27. The molecule has 3 N–H and O–H groups in total. The van der Waals surface area contributed by atoms with Gasteiger partial charge < -0.3 is 15.7 Å². The van der Waals surface area contributed by atoms with Gasteiger partial charge in [0, 0.05) is 24.4 Å². The fourth-order valence-electron chi connectivity index (χ4n) is 4.04. The summed E-state index contributed by atoms with van der Waals surface area (Å²) in [5.74, 6) is 0.786. The summed E-state index contributed by atoms with van der Waals surface area (Å²) in [6.07, 6.45) is 8.50. The van der Waals surface area contributed by atoms with Crippen molar-refractivity contribution in [1.82, 2.24) is 5.32 Å². The van der Waals surface area contributed by atoms with Crippen LogP contribution in [0.4, 0.5) is 5.69 Å². The molecule has 3 unspecified atom stereocenters. The predicted molar refractivity (Wildman–Crippen MR) is 87.6 cm³/mol. The molecule has 3 nitrogen and oxygen atoms in total. The lowest BCUT2D eigenvalue weighted by atomic mass is 9.93. The third-order valence-corrected chi connectivity index (χ3v) is 5.09. The summed E-state index contributed by atoms with van der Waals surface area (Å²) in [7, 11) is 0. The summed E-state index contributed by atoms with van der Waals surface area (Å²) >= 11 is 0. The predicted octanol–water partition coefficient (Wildman–Crippen LogP) is 2.94. The highest BCUT2D eigenvalue weighted by atomic mass is 16.2. The normalized spacial score (nSPS) is 28.9. The van der Waals surface area contributed by atoms with Gasteiger partial charge in [-0.3, -0.25) is 0 Å². The lowest BCUT2D eigenvalue weighted by Crippen LogP contribution is -2.38. The summed E-state index contributed by atoms with van der Waals surface area (Å²) in [6.45, 7) is 1.47. The molecule has 116 valence electrons. The number of benzene rings is 1. The summed E-state index contributed by atoms with van der Waals surface area (Å²) in [4.78, 5) is 0. The molecule has 3 heteroatoms. The van der Waals surface area contributed by atoms with Gasteiger partial charge in [0.25, 0.3) is 0 Å². The van der Waals surface area contributed by atoms with Crippen molar-refractivity contribution in [2.24, 2.45) is 5.92 Å². The molecule has 0 aromatic heterocycles. The third kappa shape index (κ3) is 3.78. The Balaban J connectivity index is 1.62. The van der Waals surface area contributed by atoms with Gasteiger partial charge >= 0.3 is 0 Å². The minimum Gasteiger partial charge on any atom is -0.396 e. The second-order valence-corrected chi connectivity index (χ2v) is 6.58. The fourth-order valence-corrected chi connectivity index (χ4v) is 4.04. The topological polar surface area (TPSA) is 44.3 Å². The average Bonchev–Trinajstić information content (AvgIpc) is 3.16. The SMILES string of the molecule is OCCCc1cccc(NC2CCCC2C2CCCN2)c1. The maximum atomic E-state index is 8.96. The van der Waals surface area contributed by atoms with Crippen LogP contribution in [0.25, 0.3) is 0 Å². The summed E-state index contributed by atoms with van der Waals surface area (Å²) in [5, 5.41) is 16.4. The van der Waals surface area contributed by atoms with E-state index in [9.17, 15) is 0 Å². The Labute approximate surface area is 128 Å². The van der Waals surface area contributed by atoms with E-state index in [2.05, 4.69) is 34.9 Å². The Hall–Kier alpha value is -1.06. The highest BCUT2D eigenvalue weighted by Crippen LogP contribution is 2.34. The first-order chi connectivity index (χ1) is 10.4. The molecule has 0 radical (unpaired) electrons. The molecule has 0 bridgehead atoms. The van der Waals surface area contributed by atoms with Gasteiger partial charge in [0.05, 0.1) is 0 Å². The molecule has 2 aliphatic rings. The van der Waals surface area contributed by atoms with E-state index in [-0.39, 0.29) is 6.61 Å². The Morgan fingerprint density at radius 2 is 2.14 bits per heavy atom. The first-order valence-corrected chi connectivity index (χ1v) is 8.56. The monoisotopic (exact) mass is 288 g/mol. The average molecular weight is 288 g/mol. The van der Waals surface area contributed by atoms with Crippen molar-refractivity contribution in [3.05, 3.63) is 29.8 Å². The molecule has 21 heavy (non-hydrogen) atoms. The summed E-state index contributed by atoms with van der Waals surface area (Å²) in [5.41, 5.74) is 2.57. The third-order valence-electron chi connectivity index (χ3n) is 5.09. The van der Waals surface area contributed by atoms with Crippen LogP contribution in [-0.4, -0.2) is 30.3 Å². The minimum atomic E-state index is 0.274. The minimum absolute atomic E-state index is 0.274. The van der Waals surface area contributed by atoms with Gasteiger partial charge in [0.1, 0.15) is 0 Å². The van der Waals surface area contributed by atoms with Crippen molar-refractivity contribution in [3.8, 4) is 0 Å². The van der Waals surface area contributed by atoms with Crippen LogP contribution >= 0.6 is 0 Å². The first-order valence-electron chi connectivity index (χ1n) is 8.56. The van der Waals surface area contributed by atoms with E-state index in [0.717, 1.165) is 24.8 Å². The van der Waals surface area contributed by atoms with E-state index in [4.69, 9.17) is 5.11 Å². The van der Waals surface area contributed by atoms with E-state index in [1.54, 1.807) is 0 Å². The van der Waals surface area contributed by atoms with Crippen LogP contribution < -0.4 is 10.6 Å². The Bertz CT molecular complexity index is 443. The number of aliphatic hydroxyl groups is 1. The van der Waals surface area contributed by atoms with E-state index in [0.29, 0.717) is 6.04 Å². The van der Waals surface area contributed by atoms with Gasteiger partial charge in [-0.15, -0.1) is 0 Å². The van der Waals surface area contributed by atoms with Gasteiger partial charge in [-0.2, -0.15) is 0 Å². The van der Waals surface area contributed by atoms with Crippen molar-refractivity contribution < 1.29 is 5.11 Å².